The number of hydrogen-bond donors (Lipinski definition) is 0. The third-order valence-electron chi connectivity index (χ3n) is 5.34. The van der Waals surface area contributed by atoms with Gasteiger partial charge in [0.1, 0.15) is 0 Å². The summed E-state index contributed by atoms with van der Waals surface area (Å²) in [5, 5.41) is 0. The van der Waals surface area contributed by atoms with Gasteiger partial charge in [-0.25, -0.2) is 4.79 Å². The third-order valence-corrected chi connectivity index (χ3v) is 6.28. The maximum Gasteiger partial charge on any atom is 0.340 e. The van der Waals surface area contributed by atoms with Crippen LogP contribution in [0.1, 0.15) is 83.9 Å². The molecule has 1 fully saturated rings. The van der Waals surface area contributed by atoms with Crippen LogP contribution < -0.4 is 4.90 Å². The lowest BCUT2D eigenvalue weighted by Crippen LogP contribution is -2.39. The van der Waals surface area contributed by atoms with E-state index >= 15 is 0 Å². The number of esters is 1. The largest absolute Gasteiger partial charge is 0.464 e. The molecule has 2 heterocycles. The Morgan fingerprint density at radius 2 is 1.79 bits per heavy atom. The van der Waals surface area contributed by atoms with Gasteiger partial charge in [0.05, 0.1) is 28.1 Å². The second-order valence-electron chi connectivity index (χ2n) is 9.79. The average Bonchev–Trinajstić information content (AvgIpc) is 2.60. The molecule has 0 aliphatic carbocycles. The van der Waals surface area contributed by atoms with Crippen LogP contribution in [-0.4, -0.2) is 36.3 Å². The maximum atomic E-state index is 13.1. The maximum absolute atomic E-state index is 13.1. The van der Waals surface area contributed by atoms with Crippen LogP contribution in [0.25, 0.3) is 0 Å². The van der Waals surface area contributed by atoms with Crippen LogP contribution in [0.15, 0.2) is 4.47 Å². The summed E-state index contributed by atoms with van der Waals surface area (Å²) >= 11 is 3.77. The van der Waals surface area contributed by atoms with E-state index in [9.17, 15) is 4.79 Å². The van der Waals surface area contributed by atoms with Gasteiger partial charge in [0.15, 0.2) is 6.10 Å². The first-order valence-electron chi connectivity index (χ1n) is 10.6. The molecule has 0 saturated carbocycles. The summed E-state index contributed by atoms with van der Waals surface area (Å²) in [6, 6.07) is 0. The Morgan fingerprint density at radius 3 is 2.31 bits per heavy atom. The first kappa shape index (κ1) is 24.1. The molecule has 29 heavy (non-hydrogen) atoms. The van der Waals surface area contributed by atoms with Gasteiger partial charge in [0.2, 0.25) is 0 Å². The highest BCUT2D eigenvalue weighted by Gasteiger charge is 2.36. The van der Waals surface area contributed by atoms with Gasteiger partial charge in [-0.3, -0.25) is 4.98 Å². The highest BCUT2D eigenvalue weighted by Crippen LogP contribution is 2.43. The molecule has 164 valence electrons. The number of anilines is 1. The van der Waals surface area contributed by atoms with Crippen LogP contribution >= 0.6 is 15.9 Å². The van der Waals surface area contributed by atoms with Crippen LogP contribution in [0.2, 0.25) is 0 Å². The van der Waals surface area contributed by atoms with Gasteiger partial charge in [-0.15, -0.1) is 0 Å². The van der Waals surface area contributed by atoms with Crippen molar-refractivity contribution < 1.29 is 14.3 Å². The number of pyridine rings is 1. The molecule has 1 atom stereocenters. The van der Waals surface area contributed by atoms with E-state index in [1.165, 1.54) is 0 Å². The quantitative estimate of drug-likeness (QED) is 0.486. The van der Waals surface area contributed by atoms with Crippen LogP contribution in [0, 0.1) is 19.3 Å². The van der Waals surface area contributed by atoms with Crippen LogP contribution in [0.5, 0.6) is 0 Å². The Morgan fingerprint density at radius 1 is 1.21 bits per heavy atom. The van der Waals surface area contributed by atoms with Crippen molar-refractivity contribution in [1.29, 1.82) is 0 Å². The normalized spacial score (nSPS) is 17.9. The number of aryl methyl sites for hydroxylation is 2. The Bertz CT molecular complexity index is 731. The SMILES string of the molecule is CCCOC(=O)C(OC(C)(C)C)c1c(C)nc(C)c(Br)c1N1CCC(C)(C)CC1. The number of rotatable bonds is 6. The predicted molar refractivity (Wildman–Crippen MR) is 121 cm³/mol. The van der Waals surface area contributed by atoms with Crippen molar-refractivity contribution in [3.63, 3.8) is 0 Å². The van der Waals surface area contributed by atoms with Crippen molar-refractivity contribution in [2.45, 2.75) is 86.4 Å². The molecule has 0 aromatic carbocycles. The minimum Gasteiger partial charge on any atom is -0.464 e. The molecule has 0 bridgehead atoms. The first-order valence-corrected chi connectivity index (χ1v) is 11.4. The number of carbonyl (C=O) groups is 1. The molecule has 0 spiro atoms. The summed E-state index contributed by atoms with van der Waals surface area (Å²) in [5.41, 5.74) is 3.41. The minimum atomic E-state index is -0.809. The summed E-state index contributed by atoms with van der Waals surface area (Å²) in [6.07, 6.45) is 2.17. The highest BCUT2D eigenvalue weighted by atomic mass is 79.9. The van der Waals surface area contributed by atoms with E-state index in [0.717, 1.165) is 59.5 Å². The molecule has 2 rings (SSSR count). The summed E-state index contributed by atoms with van der Waals surface area (Å²) in [5.74, 6) is -0.346. The molecule has 1 saturated heterocycles. The molecule has 1 aromatic heterocycles. The van der Waals surface area contributed by atoms with Crippen LogP contribution in [0.3, 0.4) is 0 Å². The Labute approximate surface area is 184 Å². The van der Waals surface area contributed by atoms with Gasteiger partial charge >= 0.3 is 5.97 Å². The molecule has 0 amide bonds. The number of carbonyl (C=O) groups excluding carboxylic acids is 1. The van der Waals surface area contributed by atoms with Gasteiger partial charge in [0.25, 0.3) is 0 Å². The summed E-state index contributed by atoms with van der Waals surface area (Å²) in [4.78, 5) is 20.1. The Balaban J connectivity index is 2.57. The van der Waals surface area contributed by atoms with Gasteiger partial charge in [0, 0.05) is 24.3 Å². The molecule has 1 aromatic rings. The van der Waals surface area contributed by atoms with Crippen molar-refractivity contribution in [2.75, 3.05) is 24.6 Å². The first-order chi connectivity index (χ1) is 13.4. The average molecular weight is 469 g/mol. The second kappa shape index (κ2) is 9.34. The topological polar surface area (TPSA) is 51.7 Å². The molecule has 1 unspecified atom stereocenters. The van der Waals surface area contributed by atoms with E-state index < -0.39 is 11.7 Å². The molecule has 1 aliphatic rings. The molecular weight excluding hydrogens is 432 g/mol. The summed E-state index contributed by atoms with van der Waals surface area (Å²) in [6.45, 7) is 18.7. The molecule has 1 aliphatic heterocycles. The molecule has 0 N–H and O–H groups in total. The molecular formula is C23H37BrN2O3. The fraction of sp³-hybridized carbons (Fsp3) is 0.739. The van der Waals surface area contributed by atoms with E-state index in [-0.39, 0.29) is 5.97 Å². The number of nitrogens with zero attached hydrogens (tertiary/aromatic N) is 2. The summed E-state index contributed by atoms with van der Waals surface area (Å²) < 4.78 is 12.7. The van der Waals surface area contributed by atoms with E-state index in [1.54, 1.807) is 0 Å². The van der Waals surface area contributed by atoms with Crippen molar-refractivity contribution in [1.82, 2.24) is 4.98 Å². The van der Waals surface area contributed by atoms with Crippen molar-refractivity contribution in [3.8, 4) is 0 Å². The van der Waals surface area contributed by atoms with Gasteiger partial charge in [-0.05, 0) is 75.2 Å². The van der Waals surface area contributed by atoms with Crippen molar-refractivity contribution in [3.05, 3.63) is 21.4 Å². The second-order valence-corrected chi connectivity index (χ2v) is 10.6. The zero-order valence-electron chi connectivity index (χ0n) is 19.3. The standard InChI is InChI=1S/C23H37BrN2O3/c1-9-14-28-21(27)20(29-22(4,5)6)17-15(2)25-16(3)18(24)19(17)26-12-10-23(7,8)11-13-26/h20H,9-14H2,1-8H3. The van der Waals surface area contributed by atoms with E-state index in [1.807, 2.05) is 41.5 Å². The van der Waals surface area contributed by atoms with E-state index in [0.29, 0.717) is 12.0 Å². The fourth-order valence-corrected chi connectivity index (χ4v) is 4.19. The molecule has 0 radical (unpaired) electrons. The van der Waals surface area contributed by atoms with Crippen molar-refractivity contribution in [2.24, 2.45) is 5.41 Å². The highest BCUT2D eigenvalue weighted by molar-refractivity contribution is 9.10. The molecule has 6 heteroatoms. The van der Waals surface area contributed by atoms with Crippen LogP contribution in [-0.2, 0) is 14.3 Å². The van der Waals surface area contributed by atoms with Crippen molar-refractivity contribution >= 4 is 27.6 Å². The third kappa shape index (κ3) is 6.17. The van der Waals surface area contributed by atoms with Gasteiger partial charge in [-0.1, -0.05) is 20.8 Å². The molecule has 5 nitrogen and oxygen atoms in total. The van der Waals surface area contributed by atoms with Gasteiger partial charge in [-0.2, -0.15) is 0 Å². The predicted octanol–water partition coefficient (Wildman–Crippen LogP) is 5.90. The van der Waals surface area contributed by atoms with E-state index in [4.69, 9.17) is 14.5 Å². The Kier molecular flexibility index (Phi) is 7.77. The number of halogens is 1. The Hall–Kier alpha value is -1.14. The lowest BCUT2D eigenvalue weighted by molar-refractivity contribution is -0.167. The fourth-order valence-electron chi connectivity index (χ4n) is 3.64. The number of hydrogen-bond acceptors (Lipinski definition) is 5. The monoisotopic (exact) mass is 468 g/mol. The van der Waals surface area contributed by atoms with E-state index in [2.05, 4.69) is 34.7 Å². The summed E-state index contributed by atoms with van der Waals surface area (Å²) in [7, 11) is 0. The number of aromatic nitrogens is 1. The lowest BCUT2D eigenvalue weighted by Gasteiger charge is -2.40. The lowest BCUT2D eigenvalue weighted by atomic mass is 9.82. The minimum absolute atomic E-state index is 0.335. The smallest absolute Gasteiger partial charge is 0.340 e. The number of ether oxygens (including phenoxy) is 2. The van der Waals surface area contributed by atoms with Gasteiger partial charge < -0.3 is 14.4 Å². The number of piperidine rings is 1. The zero-order valence-corrected chi connectivity index (χ0v) is 20.9. The zero-order chi connectivity index (χ0) is 22.0. The van der Waals surface area contributed by atoms with Crippen LogP contribution in [0.4, 0.5) is 5.69 Å².